The molecule has 1 aliphatic heterocycles. The van der Waals surface area contributed by atoms with Crippen molar-refractivity contribution in [2.45, 2.75) is 25.8 Å². The van der Waals surface area contributed by atoms with Crippen LogP contribution in [0.3, 0.4) is 0 Å². The van der Waals surface area contributed by atoms with Gasteiger partial charge in [-0.2, -0.15) is 4.98 Å². The van der Waals surface area contributed by atoms with E-state index in [4.69, 9.17) is 5.73 Å². The molecule has 7 heteroatoms. The minimum absolute atomic E-state index is 0.0941. The van der Waals surface area contributed by atoms with E-state index in [2.05, 4.69) is 31.2 Å². The van der Waals surface area contributed by atoms with Gasteiger partial charge in [0.15, 0.2) is 0 Å². The standard InChI is InChI=1S/C11H16BrN5O/c1-7(10(18)17-4-2-3-5-17)15-9-8(12)6-14-11(13)16-9/h6-7H,2-5H2,1H3,(H3,13,14,15,16). The van der Waals surface area contributed by atoms with Gasteiger partial charge in [-0.3, -0.25) is 4.79 Å². The summed E-state index contributed by atoms with van der Waals surface area (Å²) in [5.41, 5.74) is 5.52. The number of anilines is 2. The maximum atomic E-state index is 12.1. The van der Waals surface area contributed by atoms with Gasteiger partial charge in [-0.05, 0) is 35.7 Å². The molecule has 1 aliphatic rings. The fraction of sp³-hybridized carbons (Fsp3) is 0.545. The molecule has 98 valence electrons. The molecule has 1 fully saturated rings. The van der Waals surface area contributed by atoms with Gasteiger partial charge in [0, 0.05) is 19.3 Å². The minimum Gasteiger partial charge on any atom is -0.368 e. The molecule has 0 bridgehead atoms. The smallest absolute Gasteiger partial charge is 0.244 e. The van der Waals surface area contributed by atoms with Gasteiger partial charge in [0.05, 0.1) is 4.47 Å². The monoisotopic (exact) mass is 313 g/mol. The Balaban J connectivity index is 2.03. The van der Waals surface area contributed by atoms with E-state index in [1.54, 1.807) is 6.20 Å². The number of hydrogen-bond donors (Lipinski definition) is 2. The lowest BCUT2D eigenvalue weighted by Crippen LogP contribution is -2.39. The summed E-state index contributed by atoms with van der Waals surface area (Å²) >= 11 is 3.32. The van der Waals surface area contributed by atoms with E-state index in [0.717, 1.165) is 25.9 Å². The topological polar surface area (TPSA) is 84.1 Å². The highest BCUT2D eigenvalue weighted by molar-refractivity contribution is 9.10. The summed E-state index contributed by atoms with van der Waals surface area (Å²) in [5.74, 6) is 0.820. The molecule has 2 heterocycles. The number of nitrogen functional groups attached to an aromatic ring is 1. The van der Waals surface area contributed by atoms with Gasteiger partial charge in [0.2, 0.25) is 11.9 Å². The van der Waals surface area contributed by atoms with E-state index in [0.29, 0.717) is 10.3 Å². The Labute approximate surface area is 114 Å². The summed E-state index contributed by atoms with van der Waals surface area (Å²) in [5, 5.41) is 3.06. The van der Waals surface area contributed by atoms with Gasteiger partial charge in [-0.1, -0.05) is 0 Å². The first-order valence-corrected chi connectivity index (χ1v) is 6.70. The van der Waals surface area contributed by atoms with Gasteiger partial charge >= 0.3 is 0 Å². The van der Waals surface area contributed by atoms with Crippen LogP contribution in [0, 0.1) is 0 Å². The molecule has 1 atom stereocenters. The summed E-state index contributed by atoms with van der Waals surface area (Å²) in [7, 11) is 0. The number of carbonyl (C=O) groups is 1. The van der Waals surface area contributed by atoms with Crippen molar-refractivity contribution in [1.82, 2.24) is 14.9 Å². The first-order valence-electron chi connectivity index (χ1n) is 5.91. The Hall–Kier alpha value is -1.37. The van der Waals surface area contributed by atoms with Crippen LogP contribution in [0.2, 0.25) is 0 Å². The zero-order chi connectivity index (χ0) is 13.1. The molecule has 6 nitrogen and oxygen atoms in total. The highest BCUT2D eigenvalue weighted by Gasteiger charge is 2.23. The van der Waals surface area contributed by atoms with Crippen molar-refractivity contribution in [3.05, 3.63) is 10.7 Å². The van der Waals surface area contributed by atoms with E-state index >= 15 is 0 Å². The summed E-state index contributed by atoms with van der Waals surface area (Å²) < 4.78 is 0.692. The zero-order valence-corrected chi connectivity index (χ0v) is 11.8. The summed E-state index contributed by atoms with van der Waals surface area (Å²) in [4.78, 5) is 21.9. The van der Waals surface area contributed by atoms with Crippen molar-refractivity contribution in [3.8, 4) is 0 Å². The van der Waals surface area contributed by atoms with Crippen molar-refractivity contribution >= 4 is 33.6 Å². The van der Waals surface area contributed by atoms with Crippen LogP contribution in [0.1, 0.15) is 19.8 Å². The first-order chi connectivity index (χ1) is 8.58. The van der Waals surface area contributed by atoms with Crippen molar-refractivity contribution in [2.75, 3.05) is 24.1 Å². The second-order valence-electron chi connectivity index (χ2n) is 4.32. The largest absolute Gasteiger partial charge is 0.368 e. The Bertz CT molecular complexity index is 447. The van der Waals surface area contributed by atoms with Crippen LogP contribution in [-0.4, -0.2) is 39.9 Å². The van der Waals surface area contributed by atoms with Crippen molar-refractivity contribution in [2.24, 2.45) is 0 Å². The number of carbonyl (C=O) groups excluding carboxylic acids is 1. The van der Waals surface area contributed by atoms with Crippen LogP contribution in [-0.2, 0) is 4.79 Å². The number of aromatic nitrogens is 2. The number of nitrogens with zero attached hydrogens (tertiary/aromatic N) is 3. The van der Waals surface area contributed by atoms with Gasteiger partial charge in [-0.15, -0.1) is 0 Å². The lowest BCUT2D eigenvalue weighted by atomic mass is 10.3. The minimum atomic E-state index is -0.325. The molecule has 0 aromatic carbocycles. The Kier molecular flexibility index (Phi) is 4.00. The fourth-order valence-corrected chi connectivity index (χ4v) is 2.27. The predicted molar refractivity (Wildman–Crippen MR) is 73.0 cm³/mol. The third-order valence-corrected chi connectivity index (χ3v) is 3.48. The highest BCUT2D eigenvalue weighted by Crippen LogP contribution is 2.20. The normalized spacial score (nSPS) is 16.7. The highest BCUT2D eigenvalue weighted by atomic mass is 79.9. The predicted octanol–water partition coefficient (Wildman–Crippen LogP) is 1.24. The van der Waals surface area contributed by atoms with Crippen LogP contribution < -0.4 is 11.1 Å². The Morgan fingerprint density at radius 1 is 1.56 bits per heavy atom. The molecule has 0 aliphatic carbocycles. The molecular formula is C11H16BrN5O. The van der Waals surface area contributed by atoms with Gasteiger partial charge in [0.25, 0.3) is 0 Å². The molecule has 1 amide bonds. The van der Waals surface area contributed by atoms with Crippen LogP contribution >= 0.6 is 15.9 Å². The quantitative estimate of drug-likeness (QED) is 0.877. The number of hydrogen-bond acceptors (Lipinski definition) is 5. The number of nitrogens with two attached hydrogens (primary N) is 1. The number of likely N-dealkylation sites (tertiary alicyclic amines) is 1. The number of rotatable bonds is 3. The van der Waals surface area contributed by atoms with E-state index in [1.165, 1.54) is 0 Å². The van der Waals surface area contributed by atoms with Crippen LogP contribution in [0.5, 0.6) is 0 Å². The SMILES string of the molecule is CC(Nc1nc(N)ncc1Br)C(=O)N1CCCC1. The molecule has 1 saturated heterocycles. The number of nitrogens with one attached hydrogen (secondary N) is 1. The van der Waals surface area contributed by atoms with Gasteiger partial charge in [-0.25, -0.2) is 4.98 Å². The maximum Gasteiger partial charge on any atom is 0.244 e. The van der Waals surface area contributed by atoms with E-state index < -0.39 is 0 Å². The van der Waals surface area contributed by atoms with Crippen molar-refractivity contribution < 1.29 is 4.79 Å². The summed E-state index contributed by atoms with van der Waals surface area (Å²) in [6.07, 6.45) is 3.74. The molecule has 18 heavy (non-hydrogen) atoms. The Morgan fingerprint density at radius 2 is 2.22 bits per heavy atom. The van der Waals surface area contributed by atoms with Crippen LogP contribution in [0.25, 0.3) is 0 Å². The fourth-order valence-electron chi connectivity index (χ4n) is 1.96. The molecular weight excluding hydrogens is 298 g/mol. The summed E-state index contributed by atoms with van der Waals surface area (Å²) in [6.45, 7) is 3.52. The molecule has 2 rings (SSSR count). The molecule has 0 spiro atoms. The van der Waals surface area contributed by atoms with Crippen molar-refractivity contribution in [3.63, 3.8) is 0 Å². The summed E-state index contributed by atoms with van der Waals surface area (Å²) in [6, 6.07) is -0.325. The van der Waals surface area contributed by atoms with E-state index in [-0.39, 0.29) is 17.9 Å². The molecule has 1 aromatic rings. The van der Waals surface area contributed by atoms with Crippen molar-refractivity contribution in [1.29, 1.82) is 0 Å². The number of amides is 1. The molecule has 1 unspecified atom stereocenters. The van der Waals surface area contributed by atoms with E-state index in [9.17, 15) is 4.79 Å². The van der Waals surface area contributed by atoms with E-state index in [1.807, 2.05) is 11.8 Å². The second-order valence-corrected chi connectivity index (χ2v) is 5.18. The average molecular weight is 314 g/mol. The maximum absolute atomic E-state index is 12.1. The molecule has 0 radical (unpaired) electrons. The lowest BCUT2D eigenvalue weighted by molar-refractivity contribution is -0.130. The molecule has 0 saturated carbocycles. The third-order valence-electron chi connectivity index (χ3n) is 2.90. The van der Waals surface area contributed by atoms with Gasteiger partial charge in [0.1, 0.15) is 11.9 Å². The first kappa shape index (κ1) is 13.1. The zero-order valence-electron chi connectivity index (χ0n) is 10.2. The average Bonchev–Trinajstić information content (AvgIpc) is 2.86. The molecule has 3 N–H and O–H groups in total. The second kappa shape index (κ2) is 5.51. The Morgan fingerprint density at radius 3 is 2.89 bits per heavy atom. The molecule has 1 aromatic heterocycles. The van der Waals surface area contributed by atoms with Crippen LogP contribution in [0.15, 0.2) is 10.7 Å². The number of halogens is 1. The van der Waals surface area contributed by atoms with Gasteiger partial charge < -0.3 is 16.0 Å². The third kappa shape index (κ3) is 2.90. The van der Waals surface area contributed by atoms with Crippen LogP contribution in [0.4, 0.5) is 11.8 Å². The lowest BCUT2D eigenvalue weighted by Gasteiger charge is -2.21.